The molecule has 0 aromatic heterocycles. The molecule has 4 rings (SSSR count). The SMILES string of the molecule is CC(Nc1cc(N2CCNCC2)ccc1S(C)(=O)=O)c1cc(Cl)cc2c1OCCO2.Cl. The van der Waals surface area contributed by atoms with Crippen molar-refractivity contribution in [1.82, 2.24) is 5.32 Å². The molecule has 7 nitrogen and oxygen atoms in total. The van der Waals surface area contributed by atoms with Crippen LogP contribution in [0.1, 0.15) is 18.5 Å². The maximum absolute atomic E-state index is 12.4. The zero-order valence-electron chi connectivity index (χ0n) is 17.5. The minimum atomic E-state index is -3.41. The van der Waals surface area contributed by atoms with E-state index >= 15 is 0 Å². The number of rotatable bonds is 5. The molecule has 2 N–H and O–H groups in total. The van der Waals surface area contributed by atoms with Crippen molar-refractivity contribution < 1.29 is 17.9 Å². The number of piperazine rings is 1. The van der Waals surface area contributed by atoms with Gasteiger partial charge < -0.3 is 25.0 Å². The third-order valence-electron chi connectivity index (χ3n) is 5.32. The van der Waals surface area contributed by atoms with Gasteiger partial charge >= 0.3 is 0 Å². The van der Waals surface area contributed by atoms with Gasteiger partial charge in [-0.25, -0.2) is 8.42 Å². The normalized spacial score (nSPS) is 16.9. The number of nitrogens with zero attached hydrogens (tertiary/aromatic N) is 1. The number of halogens is 2. The third kappa shape index (κ3) is 5.31. The molecule has 2 aliphatic heterocycles. The van der Waals surface area contributed by atoms with Gasteiger partial charge in [0.15, 0.2) is 21.3 Å². The molecule has 2 aliphatic rings. The number of hydrogen-bond acceptors (Lipinski definition) is 7. The lowest BCUT2D eigenvalue weighted by Gasteiger charge is -2.30. The van der Waals surface area contributed by atoms with Gasteiger partial charge in [0.2, 0.25) is 0 Å². The predicted molar refractivity (Wildman–Crippen MR) is 126 cm³/mol. The predicted octanol–water partition coefficient (Wildman–Crippen LogP) is 3.52. The lowest BCUT2D eigenvalue weighted by molar-refractivity contribution is 0.169. The van der Waals surface area contributed by atoms with Crippen LogP contribution in [-0.4, -0.2) is 54.1 Å². The molecule has 0 amide bonds. The van der Waals surface area contributed by atoms with Crippen LogP contribution in [0.5, 0.6) is 11.5 Å². The highest BCUT2D eigenvalue weighted by atomic mass is 35.5. The second-order valence-electron chi connectivity index (χ2n) is 7.57. The van der Waals surface area contributed by atoms with E-state index < -0.39 is 9.84 Å². The fourth-order valence-corrected chi connectivity index (χ4v) is 4.90. The topological polar surface area (TPSA) is 79.9 Å². The van der Waals surface area contributed by atoms with Gasteiger partial charge in [-0.05, 0) is 31.2 Å². The van der Waals surface area contributed by atoms with Gasteiger partial charge in [-0.15, -0.1) is 12.4 Å². The van der Waals surface area contributed by atoms with Gasteiger partial charge in [-0.3, -0.25) is 0 Å². The summed E-state index contributed by atoms with van der Waals surface area (Å²) in [4.78, 5) is 2.51. The second-order valence-corrected chi connectivity index (χ2v) is 10.00. The zero-order chi connectivity index (χ0) is 21.3. The molecule has 170 valence electrons. The lowest BCUT2D eigenvalue weighted by atomic mass is 10.1. The molecular weight excluding hydrogens is 461 g/mol. The van der Waals surface area contributed by atoms with E-state index in [-0.39, 0.29) is 23.3 Å². The molecule has 0 radical (unpaired) electrons. The lowest BCUT2D eigenvalue weighted by Crippen LogP contribution is -2.43. The van der Waals surface area contributed by atoms with Crippen LogP contribution in [0.3, 0.4) is 0 Å². The Labute approximate surface area is 194 Å². The summed E-state index contributed by atoms with van der Waals surface area (Å²) in [7, 11) is -3.41. The monoisotopic (exact) mass is 487 g/mol. The maximum atomic E-state index is 12.4. The average Bonchev–Trinajstić information content (AvgIpc) is 2.73. The molecule has 0 bridgehead atoms. The van der Waals surface area contributed by atoms with Crippen LogP contribution in [0.2, 0.25) is 5.02 Å². The zero-order valence-corrected chi connectivity index (χ0v) is 19.9. The minimum absolute atomic E-state index is 0. The Morgan fingerprint density at radius 3 is 2.55 bits per heavy atom. The Hall–Kier alpha value is -1.87. The van der Waals surface area contributed by atoms with Gasteiger partial charge in [-0.1, -0.05) is 11.6 Å². The van der Waals surface area contributed by atoms with Crippen molar-refractivity contribution in [2.24, 2.45) is 0 Å². The molecule has 0 saturated carbocycles. The molecule has 1 saturated heterocycles. The first kappa shape index (κ1) is 23.8. The van der Waals surface area contributed by atoms with E-state index in [9.17, 15) is 8.42 Å². The van der Waals surface area contributed by atoms with Crippen LogP contribution in [0.15, 0.2) is 35.2 Å². The number of anilines is 2. The van der Waals surface area contributed by atoms with Crippen molar-refractivity contribution in [1.29, 1.82) is 0 Å². The first-order valence-corrected chi connectivity index (χ1v) is 12.3. The van der Waals surface area contributed by atoms with E-state index in [1.54, 1.807) is 12.1 Å². The van der Waals surface area contributed by atoms with Crippen molar-refractivity contribution >= 4 is 45.2 Å². The highest BCUT2D eigenvalue weighted by Crippen LogP contribution is 2.41. The maximum Gasteiger partial charge on any atom is 0.177 e. The second kappa shape index (κ2) is 9.73. The molecule has 2 aromatic carbocycles. The summed E-state index contributed by atoms with van der Waals surface area (Å²) in [5, 5.41) is 7.25. The van der Waals surface area contributed by atoms with E-state index in [0.29, 0.717) is 35.4 Å². The number of sulfone groups is 1. The van der Waals surface area contributed by atoms with Gasteiger partial charge in [0.1, 0.15) is 13.2 Å². The van der Waals surface area contributed by atoms with E-state index in [1.165, 1.54) is 6.26 Å². The van der Waals surface area contributed by atoms with Gasteiger partial charge in [0, 0.05) is 54.8 Å². The highest BCUT2D eigenvalue weighted by molar-refractivity contribution is 7.90. The van der Waals surface area contributed by atoms with E-state index in [4.69, 9.17) is 21.1 Å². The molecule has 0 aliphatic carbocycles. The standard InChI is InChI=1S/C21H26ClN3O4S.ClH/c1-14(17-11-15(22)12-19-21(17)29-10-9-28-19)24-18-13-16(25-7-5-23-6-8-25)3-4-20(18)30(2,26)27;/h3-4,11-14,23-24H,5-10H2,1-2H3;1H. The molecule has 1 unspecified atom stereocenters. The third-order valence-corrected chi connectivity index (χ3v) is 6.69. The summed E-state index contributed by atoms with van der Waals surface area (Å²) >= 11 is 6.29. The Balaban J connectivity index is 0.00000272. The van der Waals surface area contributed by atoms with Crippen LogP contribution in [0.25, 0.3) is 0 Å². The van der Waals surface area contributed by atoms with Crippen LogP contribution in [-0.2, 0) is 9.84 Å². The molecular formula is C21H27Cl2N3O4S. The fraction of sp³-hybridized carbons (Fsp3) is 0.429. The number of ether oxygens (including phenoxy) is 2. The Bertz CT molecular complexity index is 1040. The van der Waals surface area contributed by atoms with Gasteiger partial charge in [0.05, 0.1) is 16.6 Å². The quantitative estimate of drug-likeness (QED) is 0.667. The van der Waals surface area contributed by atoms with Crippen molar-refractivity contribution in [3.8, 4) is 11.5 Å². The van der Waals surface area contributed by atoms with Crippen molar-refractivity contribution in [3.05, 3.63) is 40.9 Å². The summed E-state index contributed by atoms with van der Waals surface area (Å²) in [6, 6.07) is 8.77. The molecule has 1 fully saturated rings. The molecule has 10 heteroatoms. The van der Waals surface area contributed by atoms with Gasteiger partial charge in [0.25, 0.3) is 0 Å². The summed E-state index contributed by atoms with van der Waals surface area (Å²) in [5.74, 6) is 1.25. The van der Waals surface area contributed by atoms with Crippen LogP contribution in [0, 0.1) is 0 Å². The Morgan fingerprint density at radius 1 is 1.13 bits per heavy atom. The highest BCUT2D eigenvalue weighted by Gasteiger charge is 2.23. The summed E-state index contributed by atoms with van der Waals surface area (Å²) in [6.07, 6.45) is 1.22. The first-order valence-electron chi connectivity index (χ1n) is 9.98. The van der Waals surface area contributed by atoms with Crippen LogP contribution >= 0.6 is 24.0 Å². The number of nitrogens with one attached hydrogen (secondary N) is 2. The summed E-state index contributed by atoms with van der Waals surface area (Å²) in [5.41, 5.74) is 2.38. The van der Waals surface area contributed by atoms with Crippen LogP contribution in [0.4, 0.5) is 11.4 Å². The number of benzene rings is 2. The molecule has 2 aromatic rings. The smallest absolute Gasteiger partial charge is 0.177 e. The fourth-order valence-electron chi connectivity index (χ4n) is 3.85. The Kier molecular flexibility index (Phi) is 7.47. The largest absolute Gasteiger partial charge is 0.486 e. The summed E-state index contributed by atoms with van der Waals surface area (Å²) in [6.45, 7) is 6.44. The van der Waals surface area contributed by atoms with Crippen LogP contribution < -0.4 is 25.0 Å². The molecule has 0 spiro atoms. The van der Waals surface area contributed by atoms with E-state index in [2.05, 4.69) is 15.5 Å². The molecule has 31 heavy (non-hydrogen) atoms. The van der Waals surface area contributed by atoms with E-state index in [0.717, 1.165) is 37.4 Å². The van der Waals surface area contributed by atoms with Gasteiger partial charge in [-0.2, -0.15) is 0 Å². The average molecular weight is 488 g/mol. The van der Waals surface area contributed by atoms with Crippen molar-refractivity contribution in [2.45, 2.75) is 17.9 Å². The molecule has 2 heterocycles. The minimum Gasteiger partial charge on any atom is -0.486 e. The molecule has 1 atom stereocenters. The van der Waals surface area contributed by atoms with E-state index in [1.807, 2.05) is 25.1 Å². The number of fused-ring (bicyclic) bond motifs is 1. The summed E-state index contributed by atoms with van der Waals surface area (Å²) < 4.78 is 36.3. The first-order chi connectivity index (χ1) is 14.3. The number of hydrogen-bond donors (Lipinski definition) is 2. The van der Waals surface area contributed by atoms with Crippen molar-refractivity contribution in [3.63, 3.8) is 0 Å². The Morgan fingerprint density at radius 2 is 1.84 bits per heavy atom. The van der Waals surface area contributed by atoms with Crippen molar-refractivity contribution in [2.75, 3.05) is 55.9 Å².